The molecule has 3 rings (SSSR count). The smallest absolute Gasteiger partial charge is 0.375 e. The van der Waals surface area contributed by atoms with E-state index in [1.807, 2.05) is 11.8 Å². The Kier molecular flexibility index (Phi) is 5.87. The largest absolute Gasteiger partial charge is 0.416 e. The quantitative estimate of drug-likeness (QED) is 0.817. The van der Waals surface area contributed by atoms with Crippen LogP contribution in [-0.2, 0) is 15.7 Å². The molecule has 0 aliphatic carbocycles. The van der Waals surface area contributed by atoms with Crippen LogP contribution in [0.15, 0.2) is 24.3 Å². The van der Waals surface area contributed by atoms with Crippen LogP contribution in [0.3, 0.4) is 0 Å². The summed E-state index contributed by atoms with van der Waals surface area (Å²) in [6, 6.07) is 5.36. The maximum absolute atomic E-state index is 12.8. The SMILES string of the molecule is CC1CN(C(=O)CN2CCCCC2c2ccc(C(F)(F)F)cc2)CCO1. The van der Waals surface area contributed by atoms with Crippen molar-refractivity contribution in [2.24, 2.45) is 0 Å². The van der Waals surface area contributed by atoms with Crippen LogP contribution in [0.4, 0.5) is 13.2 Å². The second-order valence-electron chi connectivity index (χ2n) is 7.12. The van der Waals surface area contributed by atoms with Gasteiger partial charge in [0.2, 0.25) is 5.91 Å². The highest BCUT2D eigenvalue weighted by Crippen LogP contribution is 2.34. The Labute approximate surface area is 151 Å². The minimum absolute atomic E-state index is 0.00607. The lowest BCUT2D eigenvalue weighted by Crippen LogP contribution is -2.49. The van der Waals surface area contributed by atoms with E-state index in [1.165, 1.54) is 0 Å². The molecule has 26 heavy (non-hydrogen) atoms. The van der Waals surface area contributed by atoms with Gasteiger partial charge in [0, 0.05) is 19.1 Å². The van der Waals surface area contributed by atoms with E-state index in [-0.39, 0.29) is 18.1 Å². The topological polar surface area (TPSA) is 32.8 Å². The van der Waals surface area contributed by atoms with Crippen LogP contribution in [0.25, 0.3) is 0 Å². The van der Waals surface area contributed by atoms with Crippen molar-refractivity contribution < 1.29 is 22.7 Å². The fourth-order valence-corrected chi connectivity index (χ4v) is 3.77. The average molecular weight is 370 g/mol. The van der Waals surface area contributed by atoms with Crippen LogP contribution in [0.5, 0.6) is 0 Å². The summed E-state index contributed by atoms with van der Waals surface area (Å²) >= 11 is 0. The molecule has 2 atom stereocenters. The van der Waals surface area contributed by atoms with Crippen molar-refractivity contribution in [3.05, 3.63) is 35.4 Å². The third-order valence-corrected chi connectivity index (χ3v) is 5.17. The molecule has 0 saturated carbocycles. The molecule has 144 valence electrons. The van der Waals surface area contributed by atoms with Crippen LogP contribution in [0.1, 0.15) is 43.4 Å². The van der Waals surface area contributed by atoms with Crippen molar-refractivity contribution in [3.63, 3.8) is 0 Å². The number of carbonyl (C=O) groups excluding carboxylic acids is 1. The van der Waals surface area contributed by atoms with Crippen LogP contribution in [0, 0.1) is 0 Å². The molecule has 2 fully saturated rings. The molecule has 1 aromatic rings. The Morgan fingerprint density at radius 3 is 2.58 bits per heavy atom. The number of likely N-dealkylation sites (tertiary alicyclic amines) is 1. The van der Waals surface area contributed by atoms with E-state index in [4.69, 9.17) is 4.74 Å². The van der Waals surface area contributed by atoms with E-state index in [9.17, 15) is 18.0 Å². The molecule has 1 amide bonds. The number of halogens is 3. The Balaban J connectivity index is 1.68. The Morgan fingerprint density at radius 2 is 1.92 bits per heavy atom. The summed E-state index contributed by atoms with van der Waals surface area (Å²) < 4.78 is 43.8. The molecule has 4 nitrogen and oxygen atoms in total. The van der Waals surface area contributed by atoms with Crippen LogP contribution in [0.2, 0.25) is 0 Å². The zero-order valence-electron chi connectivity index (χ0n) is 15.0. The Morgan fingerprint density at radius 1 is 1.19 bits per heavy atom. The van der Waals surface area contributed by atoms with Crippen LogP contribution in [-0.4, -0.2) is 54.6 Å². The summed E-state index contributed by atoms with van der Waals surface area (Å²) in [5, 5.41) is 0. The molecule has 0 radical (unpaired) electrons. The van der Waals surface area contributed by atoms with E-state index in [1.54, 1.807) is 12.1 Å². The molecule has 2 aliphatic heterocycles. The molecule has 0 N–H and O–H groups in total. The van der Waals surface area contributed by atoms with Gasteiger partial charge in [0.15, 0.2) is 0 Å². The molecule has 0 spiro atoms. The number of benzene rings is 1. The third-order valence-electron chi connectivity index (χ3n) is 5.17. The van der Waals surface area contributed by atoms with Crippen molar-refractivity contribution in [2.75, 3.05) is 32.8 Å². The van der Waals surface area contributed by atoms with Crippen molar-refractivity contribution in [2.45, 2.75) is 44.5 Å². The van der Waals surface area contributed by atoms with Gasteiger partial charge in [-0.15, -0.1) is 0 Å². The molecule has 1 aromatic carbocycles. The lowest BCUT2D eigenvalue weighted by atomic mass is 9.94. The maximum atomic E-state index is 12.8. The number of hydrogen-bond donors (Lipinski definition) is 0. The summed E-state index contributed by atoms with van der Waals surface area (Å²) in [7, 11) is 0. The van der Waals surface area contributed by atoms with Gasteiger partial charge in [-0.05, 0) is 44.0 Å². The van der Waals surface area contributed by atoms with Crippen LogP contribution < -0.4 is 0 Å². The molecule has 0 bridgehead atoms. The van der Waals surface area contributed by atoms with Gasteiger partial charge in [-0.2, -0.15) is 13.2 Å². The Bertz CT molecular complexity index is 618. The van der Waals surface area contributed by atoms with Gasteiger partial charge in [-0.1, -0.05) is 18.6 Å². The zero-order valence-corrected chi connectivity index (χ0v) is 15.0. The van der Waals surface area contributed by atoms with E-state index >= 15 is 0 Å². The number of morpholine rings is 1. The predicted molar refractivity (Wildman–Crippen MR) is 91.6 cm³/mol. The number of nitrogens with zero attached hydrogens (tertiary/aromatic N) is 2. The number of carbonyl (C=O) groups is 1. The fraction of sp³-hybridized carbons (Fsp3) is 0.632. The normalized spacial score (nSPS) is 25.3. The number of amides is 1. The molecule has 2 heterocycles. The maximum Gasteiger partial charge on any atom is 0.416 e. The summed E-state index contributed by atoms with van der Waals surface area (Å²) in [6.45, 7) is 4.79. The van der Waals surface area contributed by atoms with Gasteiger partial charge in [0.05, 0.1) is 24.8 Å². The summed E-state index contributed by atoms with van der Waals surface area (Å²) in [5.41, 5.74) is 0.211. The molecular formula is C19H25F3N2O2. The number of rotatable bonds is 3. The monoisotopic (exact) mass is 370 g/mol. The fourth-order valence-electron chi connectivity index (χ4n) is 3.77. The van der Waals surface area contributed by atoms with E-state index < -0.39 is 11.7 Å². The lowest BCUT2D eigenvalue weighted by molar-refractivity contribution is -0.140. The zero-order chi connectivity index (χ0) is 18.7. The first-order valence-electron chi connectivity index (χ1n) is 9.15. The highest BCUT2D eigenvalue weighted by atomic mass is 19.4. The predicted octanol–water partition coefficient (Wildman–Crippen LogP) is 3.48. The van der Waals surface area contributed by atoms with Crippen molar-refractivity contribution in [1.29, 1.82) is 0 Å². The first-order valence-corrected chi connectivity index (χ1v) is 9.15. The molecule has 7 heteroatoms. The van der Waals surface area contributed by atoms with E-state index in [0.29, 0.717) is 26.2 Å². The van der Waals surface area contributed by atoms with Gasteiger partial charge in [0.25, 0.3) is 0 Å². The minimum Gasteiger partial charge on any atom is -0.375 e. The summed E-state index contributed by atoms with van der Waals surface area (Å²) in [6.07, 6.45) is -1.40. The second-order valence-corrected chi connectivity index (χ2v) is 7.12. The van der Waals surface area contributed by atoms with E-state index in [2.05, 4.69) is 4.90 Å². The second kappa shape index (κ2) is 7.96. The molecule has 0 aromatic heterocycles. The highest BCUT2D eigenvalue weighted by molar-refractivity contribution is 5.78. The van der Waals surface area contributed by atoms with Gasteiger partial charge in [0.1, 0.15) is 0 Å². The number of alkyl halides is 3. The first-order chi connectivity index (χ1) is 12.3. The summed E-state index contributed by atoms with van der Waals surface area (Å²) in [5.74, 6) is 0.0685. The van der Waals surface area contributed by atoms with Gasteiger partial charge in [-0.3, -0.25) is 9.69 Å². The lowest BCUT2D eigenvalue weighted by Gasteiger charge is -2.38. The number of hydrogen-bond acceptors (Lipinski definition) is 3. The summed E-state index contributed by atoms with van der Waals surface area (Å²) in [4.78, 5) is 16.6. The highest BCUT2D eigenvalue weighted by Gasteiger charge is 2.32. The molecular weight excluding hydrogens is 345 g/mol. The number of piperidine rings is 1. The Hall–Kier alpha value is -1.60. The molecule has 2 saturated heterocycles. The van der Waals surface area contributed by atoms with Crippen molar-refractivity contribution >= 4 is 5.91 Å². The first kappa shape index (κ1) is 19.2. The van der Waals surface area contributed by atoms with Gasteiger partial charge < -0.3 is 9.64 Å². The van der Waals surface area contributed by atoms with Gasteiger partial charge >= 0.3 is 6.18 Å². The molecule has 2 unspecified atom stereocenters. The standard InChI is InChI=1S/C19H25F3N2O2/c1-14-12-24(10-11-26-14)18(25)13-23-9-3-2-4-17(23)15-5-7-16(8-6-15)19(20,21)22/h5-8,14,17H,2-4,9-13H2,1H3. The van der Waals surface area contributed by atoms with Crippen LogP contribution >= 0.6 is 0 Å². The van der Waals surface area contributed by atoms with E-state index in [0.717, 1.165) is 43.5 Å². The minimum atomic E-state index is -4.33. The third kappa shape index (κ3) is 4.57. The number of ether oxygens (including phenoxy) is 1. The van der Waals surface area contributed by atoms with Crippen molar-refractivity contribution in [1.82, 2.24) is 9.80 Å². The average Bonchev–Trinajstić information content (AvgIpc) is 2.61. The molecule has 2 aliphatic rings. The van der Waals surface area contributed by atoms with Crippen molar-refractivity contribution in [3.8, 4) is 0 Å². The van der Waals surface area contributed by atoms with Gasteiger partial charge in [-0.25, -0.2) is 0 Å².